The van der Waals surface area contributed by atoms with Crippen molar-refractivity contribution >= 4 is 40.4 Å². The van der Waals surface area contributed by atoms with Crippen LogP contribution in [0.4, 0.5) is 10.5 Å². The highest BCUT2D eigenvalue weighted by Crippen LogP contribution is 2.45. The van der Waals surface area contributed by atoms with Gasteiger partial charge in [-0.1, -0.05) is 42.5 Å². The Morgan fingerprint density at radius 1 is 1.05 bits per heavy atom. The number of hydrogen-bond acceptors (Lipinski definition) is 6. The zero-order chi connectivity index (χ0) is 29.7. The van der Waals surface area contributed by atoms with E-state index >= 15 is 0 Å². The number of ether oxygens (including phenoxy) is 1. The number of carbonyl (C=O) groups excluding carboxylic acids is 3. The van der Waals surface area contributed by atoms with Crippen LogP contribution in [0.2, 0.25) is 0 Å². The van der Waals surface area contributed by atoms with E-state index in [0.717, 1.165) is 32.6 Å². The van der Waals surface area contributed by atoms with Crippen molar-refractivity contribution in [1.29, 1.82) is 0 Å². The Hall–Kier alpha value is -5.16. The second-order valence-corrected chi connectivity index (χ2v) is 10.4. The van der Waals surface area contributed by atoms with Crippen LogP contribution >= 0.6 is 0 Å². The molecule has 42 heavy (non-hydrogen) atoms. The molecule has 1 saturated heterocycles. The standard InChI is InChI=1S/C31H28N4O7/c1-16(36)25(30(39)40)33-28(37)20-11-4-6-13-23(20)35-29(38)24-15-21-19-10-3-5-12-22(19)32-26(21)27(34(24)31(35)41)17-8-7-9-18(14-17)42-2/h3-14,16,24-25,27,32,36H,15H2,1-2H3,(H,33,37)(H,39,40)/t16?,24-,25+,27?/m0/s1. The molecule has 11 heteroatoms. The molecule has 0 bridgehead atoms. The average Bonchev–Trinajstić information content (AvgIpc) is 3.48. The summed E-state index contributed by atoms with van der Waals surface area (Å²) < 4.78 is 5.45. The van der Waals surface area contributed by atoms with Gasteiger partial charge in [-0.25, -0.2) is 14.5 Å². The molecule has 4 amide bonds. The van der Waals surface area contributed by atoms with Gasteiger partial charge in [0.1, 0.15) is 17.8 Å². The molecule has 0 spiro atoms. The number of rotatable bonds is 7. The number of methoxy groups -OCH3 is 1. The molecule has 2 aliphatic rings. The molecule has 1 aromatic heterocycles. The third-order valence-corrected chi connectivity index (χ3v) is 7.88. The lowest BCUT2D eigenvalue weighted by Crippen LogP contribution is -2.48. The van der Waals surface area contributed by atoms with E-state index in [9.17, 15) is 29.4 Å². The van der Waals surface area contributed by atoms with E-state index in [1.165, 1.54) is 24.0 Å². The monoisotopic (exact) mass is 568 g/mol. The molecule has 11 nitrogen and oxygen atoms in total. The minimum Gasteiger partial charge on any atom is -0.497 e. The molecule has 214 valence electrons. The Morgan fingerprint density at radius 2 is 1.79 bits per heavy atom. The number of fused-ring (bicyclic) bond motifs is 4. The van der Waals surface area contributed by atoms with E-state index in [2.05, 4.69) is 10.3 Å². The second-order valence-electron chi connectivity index (χ2n) is 10.4. The molecule has 0 radical (unpaired) electrons. The number of nitrogens with zero attached hydrogens (tertiary/aromatic N) is 2. The van der Waals surface area contributed by atoms with E-state index in [1.54, 1.807) is 25.3 Å². The Morgan fingerprint density at radius 3 is 2.52 bits per heavy atom. The first kappa shape index (κ1) is 27.0. The van der Waals surface area contributed by atoms with E-state index in [0.29, 0.717) is 5.75 Å². The molecule has 0 aliphatic carbocycles. The SMILES string of the molecule is COc1cccc(C2c3[nH]c4ccccc4c3C[C@H]3C(=O)N(c4ccccc4C(=O)N[C@@H](C(=O)O)C(C)O)C(=O)N23)c1. The normalized spacial score (nSPS) is 19.3. The van der Waals surface area contributed by atoms with Crippen LogP contribution in [0.15, 0.2) is 72.8 Å². The first-order chi connectivity index (χ1) is 20.2. The number of aromatic amines is 1. The molecule has 4 atom stereocenters. The number of H-pyrrole nitrogens is 1. The number of aromatic nitrogens is 1. The molecular weight excluding hydrogens is 540 g/mol. The zero-order valence-corrected chi connectivity index (χ0v) is 22.8. The summed E-state index contributed by atoms with van der Waals surface area (Å²) in [5, 5.41) is 22.6. The summed E-state index contributed by atoms with van der Waals surface area (Å²) in [6, 6.07) is 17.4. The zero-order valence-electron chi connectivity index (χ0n) is 22.8. The Bertz CT molecular complexity index is 1750. The Labute approximate surface area is 240 Å². The maximum absolute atomic E-state index is 14.2. The summed E-state index contributed by atoms with van der Waals surface area (Å²) in [5.41, 5.74) is 3.29. The van der Waals surface area contributed by atoms with Gasteiger partial charge in [0.25, 0.3) is 11.8 Å². The molecule has 0 saturated carbocycles. The molecule has 4 aromatic rings. The van der Waals surface area contributed by atoms with Gasteiger partial charge in [0, 0.05) is 23.0 Å². The van der Waals surface area contributed by atoms with Crippen molar-refractivity contribution in [3.8, 4) is 5.75 Å². The molecular formula is C31H28N4O7. The molecule has 3 aromatic carbocycles. The van der Waals surface area contributed by atoms with Gasteiger partial charge in [-0.2, -0.15) is 0 Å². The largest absolute Gasteiger partial charge is 0.497 e. The first-order valence-corrected chi connectivity index (χ1v) is 13.4. The van der Waals surface area contributed by atoms with E-state index in [-0.39, 0.29) is 17.7 Å². The van der Waals surface area contributed by atoms with Crippen molar-refractivity contribution in [2.75, 3.05) is 12.0 Å². The number of aliphatic hydroxyl groups is 1. The topological polar surface area (TPSA) is 152 Å². The number of urea groups is 1. The number of benzene rings is 3. The van der Waals surface area contributed by atoms with Crippen LogP contribution in [0.25, 0.3) is 10.9 Å². The van der Waals surface area contributed by atoms with Crippen molar-refractivity contribution in [2.24, 2.45) is 0 Å². The summed E-state index contributed by atoms with van der Waals surface area (Å²) in [6.07, 6.45) is -1.12. The van der Waals surface area contributed by atoms with E-state index in [4.69, 9.17) is 4.74 Å². The summed E-state index contributed by atoms with van der Waals surface area (Å²) in [7, 11) is 1.55. The van der Waals surface area contributed by atoms with Crippen molar-refractivity contribution < 1.29 is 34.1 Å². The van der Waals surface area contributed by atoms with Crippen molar-refractivity contribution in [3.05, 3.63) is 95.2 Å². The first-order valence-electron chi connectivity index (χ1n) is 13.4. The minimum absolute atomic E-state index is 0.0204. The molecule has 1 fully saturated rings. The van der Waals surface area contributed by atoms with Gasteiger partial charge in [0.05, 0.1) is 24.5 Å². The van der Waals surface area contributed by atoms with Crippen molar-refractivity contribution in [3.63, 3.8) is 0 Å². The van der Waals surface area contributed by atoms with Crippen LogP contribution in [0.3, 0.4) is 0 Å². The number of aliphatic carboxylic acids is 1. The minimum atomic E-state index is -1.59. The highest BCUT2D eigenvalue weighted by atomic mass is 16.5. The third-order valence-electron chi connectivity index (χ3n) is 7.88. The second kappa shape index (κ2) is 10.3. The Balaban J connectivity index is 1.45. The maximum atomic E-state index is 14.2. The van der Waals surface area contributed by atoms with Gasteiger partial charge in [-0.05, 0) is 48.4 Å². The third kappa shape index (κ3) is 4.25. The van der Waals surface area contributed by atoms with Crippen LogP contribution in [-0.4, -0.2) is 69.2 Å². The fourth-order valence-electron chi connectivity index (χ4n) is 5.92. The highest BCUT2D eigenvalue weighted by Gasteiger charge is 2.53. The number of imide groups is 1. The smallest absolute Gasteiger partial charge is 0.332 e. The molecule has 2 unspecified atom stereocenters. The van der Waals surface area contributed by atoms with Crippen molar-refractivity contribution in [1.82, 2.24) is 15.2 Å². The summed E-state index contributed by atoms with van der Waals surface area (Å²) in [4.78, 5) is 59.2. The van der Waals surface area contributed by atoms with Gasteiger partial charge in [0.15, 0.2) is 6.04 Å². The van der Waals surface area contributed by atoms with Crippen LogP contribution in [0.5, 0.6) is 5.75 Å². The number of hydrogen-bond donors (Lipinski definition) is 4. The molecule has 2 aliphatic heterocycles. The van der Waals surface area contributed by atoms with E-state index in [1.807, 2.05) is 42.5 Å². The number of carboxylic acid groups (broad SMARTS) is 1. The van der Waals surface area contributed by atoms with Crippen LogP contribution in [0, 0.1) is 0 Å². The molecule has 6 rings (SSSR count). The summed E-state index contributed by atoms with van der Waals surface area (Å²) in [5.74, 6) is -2.18. The van der Waals surface area contributed by atoms with Gasteiger partial charge in [-0.3, -0.25) is 14.5 Å². The van der Waals surface area contributed by atoms with Crippen LogP contribution < -0.4 is 15.0 Å². The summed E-state index contributed by atoms with van der Waals surface area (Å²) >= 11 is 0. The van der Waals surface area contributed by atoms with Gasteiger partial charge in [0.2, 0.25) is 0 Å². The molecule has 3 heterocycles. The van der Waals surface area contributed by atoms with Gasteiger partial charge < -0.3 is 25.3 Å². The van der Waals surface area contributed by atoms with E-state index < -0.39 is 48.0 Å². The van der Waals surface area contributed by atoms with Gasteiger partial charge in [-0.15, -0.1) is 0 Å². The van der Waals surface area contributed by atoms with Crippen LogP contribution in [-0.2, 0) is 16.0 Å². The predicted molar refractivity (Wildman–Crippen MR) is 152 cm³/mol. The van der Waals surface area contributed by atoms with Crippen LogP contribution in [0.1, 0.15) is 40.1 Å². The number of amides is 4. The fraction of sp³-hybridized carbons (Fsp3) is 0.226. The number of carbonyl (C=O) groups is 4. The average molecular weight is 569 g/mol. The number of nitrogens with one attached hydrogen (secondary N) is 2. The fourth-order valence-corrected chi connectivity index (χ4v) is 5.92. The lowest BCUT2D eigenvalue weighted by molar-refractivity contribution is -0.141. The lowest BCUT2D eigenvalue weighted by Gasteiger charge is -2.36. The Kier molecular flexibility index (Phi) is 6.66. The lowest BCUT2D eigenvalue weighted by atomic mass is 9.89. The summed E-state index contributed by atoms with van der Waals surface area (Å²) in [6.45, 7) is 1.24. The molecule has 4 N–H and O–H groups in total. The van der Waals surface area contributed by atoms with Gasteiger partial charge >= 0.3 is 12.0 Å². The number of aliphatic hydroxyl groups excluding tert-OH is 1. The number of carboxylic acids is 1. The predicted octanol–water partition coefficient (Wildman–Crippen LogP) is 3.22. The number of anilines is 1. The maximum Gasteiger partial charge on any atom is 0.332 e. The number of para-hydroxylation sites is 2. The van der Waals surface area contributed by atoms with Crippen molar-refractivity contribution in [2.45, 2.75) is 37.6 Å². The highest BCUT2D eigenvalue weighted by molar-refractivity contribution is 6.24. The quantitative estimate of drug-likeness (QED) is 0.250.